The quantitative estimate of drug-likeness (QED) is 0.900. The zero-order chi connectivity index (χ0) is 13.8. The first kappa shape index (κ1) is 14.3. The minimum Gasteiger partial charge on any atom is -0.345 e. The Labute approximate surface area is 118 Å². The molecule has 1 aliphatic heterocycles. The van der Waals surface area contributed by atoms with E-state index in [1.54, 1.807) is 11.3 Å². The Morgan fingerprint density at radius 2 is 2.11 bits per heavy atom. The van der Waals surface area contributed by atoms with Gasteiger partial charge in [-0.25, -0.2) is 4.98 Å². The molecule has 106 valence electrons. The molecular weight excluding hydrogens is 260 g/mol. The van der Waals surface area contributed by atoms with Crippen molar-refractivity contribution < 1.29 is 4.79 Å². The lowest BCUT2D eigenvalue weighted by Gasteiger charge is -2.35. The van der Waals surface area contributed by atoms with Crippen molar-refractivity contribution in [2.45, 2.75) is 26.3 Å². The van der Waals surface area contributed by atoms with Crippen molar-refractivity contribution in [2.75, 3.05) is 31.1 Å². The van der Waals surface area contributed by atoms with Gasteiger partial charge in [0.2, 0.25) is 5.91 Å². The summed E-state index contributed by atoms with van der Waals surface area (Å²) in [7, 11) is 0. The summed E-state index contributed by atoms with van der Waals surface area (Å²) in [5, 5.41) is 3.03. The first-order chi connectivity index (χ1) is 9.08. The summed E-state index contributed by atoms with van der Waals surface area (Å²) < 4.78 is 0. The maximum Gasteiger partial charge on any atom is 0.224 e. The van der Waals surface area contributed by atoms with Crippen molar-refractivity contribution in [3.8, 4) is 0 Å². The lowest BCUT2D eigenvalue weighted by atomic mass is 10.0. The van der Waals surface area contributed by atoms with Gasteiger partial charge in [0.15, 0.2) is 5.13 Å². The summed E-state index contributed by atoms with van der Waals surface area (Å²) in [4.78, 5) is 20.6. The molecule has 0 saturated carbocycles. The van der Waals surface area contributed by atoms with Gasteiger partial charge in [-0.2, -0.15) is 0 Å². The third kappa shape index (κ3) is 3.67. The molecule has 1 aliphatic rings. The molecule has 1 fully saturated rings. The molecule has 1 atom stereocenters. The van der Waals surface area contributed by atoms with Crippen molar-refractivity contribution in [1.29, 1.82) is 0 Å². The third-order valence-corrected chi connectivity index (χ3v) is 4.42. The Bertz CT molecular complexity index is 399. The molecule has 1 aromatic rings. The Morgan fingerprint density at radius 1 is 1.42 bits per heavy atom. The molecule has 0 radical (unpaired) electrons. The number of thiazole rings is 1. The van der Waals surface area contributed by atoms with E-state index in [-0.39, 0.29) is 11.9 Å². The first-order valence-electron chi connectivity index (χ1n) is 6.75. The van der Waals surface area contributed by atoms with Crippen LogP contribution in [-0.4, -0.2) is 48.0 Å². The van der Waals surface area contributed by atoms with Crippen molar-refractivity contribution in [3.05, 3.63) is 11.6 Å². The Kier molecular flexibility index (Phi) is 4.76. The molecule has 19 heavy (non-hydrogen) atoms. The average Bonchev–Trinajstić information content (AvgIpc) is 2.92. The second kappa shape index (κ2) is 6.34. The number of anilines is 1. The molecule has 1 unspecified atom stereocenters. The molecule has 1 aromatic heterocycles. The van der Waals surface area contributed by atoms with Crippen LogP contribution in [0, 0.1) is 5.92 Å². The van der Waals surface area contributed by atoms with Crippen LogP contribution in [-0.2, 0) is 4.79 Å². The lowest BCUT2D eigenvalue weighted by molar-refractivity contribution is -0.132. The van der Waals surface area contributed by atoms with Crippen molar-refractivity contribution in [3.63, 3.8) is 0 Å². The number of amides is 1. The van der Waals surface area contributed by atoms with E-state index in [4.69, 9.17) is 5.73 Å². The highest BCUT2D eigenvalue weighted by Gasteiger charge is 2.24. The normalized spacial score (nSPS) is 17.9. The van der Waals surface area contributed by atoms with Gasteiger partial charge in [0.25, 0.3) is 0 Å². The summed E-state index contributed by atoms with van der Waals surface area (Å²) in [6, 6.07) is -0.0375. The fraction of sp³-hybridized carbons (Fsp3) is 0.692. The Morgan fingerprint density at radius 3 is 2.63 bits per heavy atom. The van der Waals surface area contributed by atoms with Crippen molar-refractivity contribution in [1.82, 2.24) is 9.88 Å². The van der Waals surface area contributed by atoms with E-state index in [0.29, 0.717) is 12.3 Å². The molecule has 6 heteroatoms. The van der Waals surface area contributed by atoms with Gasteiger partial charge in [-0.1, -0.05) is 13.8 Å². The zero-order valence-electron chi connectivity index (χ0n) is 11.6. The number of piperazine rings is 1. The molecule has 0 bridgehead atoms. The van der Waals surface area contributed by atoms with E-state index in [1.165, 1.54) is 0 Å². The van der Waals surface area contributed by atoms with Crippen LogP contribution in [0.2, 0.25) is 0 Å². The maximum atomic E-state index is 12.1. The fourth-order valence-electron chi connectivity index (χ4n) is 2.09. The summed E-state index contributed by atoms with van der Waals surface area (Å²) >= 11 is 1.65. The van der Waals surface area contributed by atoms with Crippen LogP contribution in [0.3, 0.4) is 0 Å². The molecule has 2 heterocycles. The summed E-state index contributed by atoms with van der Waals surface area (Å²) in [6.07, 6.45) is 2.27. The van der Waals surface area contributed by atoms with Crippen LogP contribution < -0.4 is 10.6 Å². The molecule has 0 aromatic carbocycles. The molecule has 2 N–H and O–H groups in total. The van der Waals surface area contributed by atoms with Gasteiger partial charge in [0.05, 0.1) is 0 Å². The second-order valence-electron chi connectivity index (χ2n) is 5.29. The molecule has 1 amide bonds. The number of carbonyl (C=O) groups is 1. The number of hydrogen-bond donors (Lipinski definition) is 1. The number of aromatic nitrogens is 1. The zero-order valence-corrected chi connectivity index (χ0v) is 12.4. The van der Waals surface area contributed by atoms with Gasteiger partial charge in [0.1, 0.15) is 0 Å². The van der Waals surface area contributed by atoms with Crippen LogP contribution in [0.5, 0.6) is 0 Å². The summed E-state index contributed by atoms with van der Waals surface area (Å²) in [5.74, 6) is 0.528. The predicted molar refractivity (Wildman–Crippen MR) is 78.3 cm³/mol. The molecule has 1 saturated heterocycles. The highest BCUT2D eigenvalue weighted by molar-refractivity contribution is 7.13. The number of carbonyl (C=O) groups excluding carboxylic acids is 1. The number of nitrogens with two attached hydrogens (primary N) is 1. The molecule has 2 rings (SSSR count). The summed E-state index contributed by atoms with van der Waals surface area (Å²) in [5.41, 5.74) is 5.96. The van der Waals surface area contributed by atoms with Crippen LogP contribution in [0.25, 0.3) is 0 Å². The van der Waals surface area contributed by atoms with E-state index in [0.717, 1.165) is 31.3 Å². The maximum absolute atomic E-state index is 12.1. The smallest absolute Gasteiger partial charge is 0.224 e. The van der Waals surface area contributed by atoms with Gasteiger partial charge in [0, 0.05) is 50.2 Å². The summed E-state index contributed by atoms with van der Waals surface area (Å²) in [6.45, 7) is 7.36. The molecular formula is C13H22N4OS. The minimum atomic E-state index is -0.0375. The van der Waals surface area contributed by atoms with E-state index in [1.807, 2.05) is 16.5 Å². The Hall–Kier alpha value is -1.14. The first-order valence-corrected chi connectivity index (χ1v) is 7.63. The van der Waals surface area contributed by atoms with Crippen LogP contribution in [0.4, 0.5) is 5.13 Å². The largest absolute Gasteiger partial charge is 0.345 e. The second-order valence-corrected chi connectivity index (χ2v) is 6.17. The van der Waals surface area contributed by atoms with Crippen LogP contribution in [0.15, 0.2) is 11.6 Å². The van der Waals surface area contributed by atoms with Crippen molar-refractivity contribution in [2.24, 2.45) is 11.7 Å². The van der Waals surface area contributed by atoms with Crippen LogP contribution >= 0.6 is 11.3 Å². The predicted octanol–water partition coefficient (Wildman–Crippen LogP) is 1.17. The van der Waals surface area contributed by atoms with E-state index >= 15 is 0 Å². The standard InChI is InChI=1S/C13H22N4OS/c1-10(2)11(14)9-12(18)16-4-6-17(7-5-16)13-15-3-8-19-13/h3,8,10-11H,4-7,9,14H2,1-2H3. The molecule has 0 aliphatic carbocycles. The highest BCUT2D eigenvalue weighted by Crippen LogP contribution is 2.19. The number of rotatable bonds is 4. The van der Waals surface area contributed by atoms with Gasteiger partial charge in [-0.3, -0.25) is 4.79 Å². The van der Waals surface area contributed by atoms with Crippen LogP contribution in [0.1, 0.15) is 20.3 Å². The number of hydrogen-bond acceptors (Lipinski definition) is 5. The van der Waals surface area contributed by atoms with Crippen molar-refractivity contribution >= 4 is 22.4 Å². The van der Waals surface area contributed by atoms with Gasteiger partial charge < -0.3 is 15.5 Å². The third-order valence-electron chi connectivity index (χ3n) is 3.59. The fourth-order valence-corrected chi connectivity index (χ4v) is 2.78. The van der Waals surface area contributed by atoms with Gasteiger partial charge in [-0.15, -0.1) is 11.3 Å². The van der Waals surface area contributed by atoms with E-state index in [9.17, 15) is 4.79 Å². The van der Waals surface area contributed by atoms with Gasteiger partial charge in [-0.05, 0) is 5.92 Å². The number of nitrogens with zero attached hydrogens (tertiary/aromatic N) is 3. The SMILES string of the molecule is CC(C)C(N)CC(=O)N1CCN(c2nccs2)CC1. The minimum absolute atomic E-state index is 0.0375. The Balaban J connectivity index is 1.81. The van der Waals surface area contributed by atoms with E-state index < -0.39 is 0 Å². The van der Waals surface area contributed by atoms with Gasteiger partial charge >= 0.3 is 0 Å². The van der Waals surface area contributed by atoms with E-state index in [2.05, 4.69) is 23.7 Å². The molecule has 5 nitrogen and oxygen atoms in total. The lowest BCUT2D eigenvalue weighted by Crippen LogP contribution is -2.50. The highest BCUT2D eigenvalue weighted by atomic mass is 32.1. The topological polar surface area (TPSA) is 62.5 Å². The monoisotopic (exact) mass is 282 g/mol. The molecule has 0 spiro atoms. The average molecular weight is 282 g/mol.